The van der Waals surface area contributed by atoms with Crippen molar-refractivity contribution < 1.29 is 9.53 Å². The second-order valence-corrected chi connectivity index (χ2v) is 6.42. The number of methoxy groups -OCH3 is 1. The van der Waals surface area contributed by atoms with Gasteiger partial charge in [-0.2, -0.15) is 5.10 Å². The number of nitrogens with zero attached hydrogens (tertiary/aromatic N) is 3. The Morgan fingerprint density at radius 1 is 1.14 bits per heavy atom. The molecule has 4 rings (SSSR count). The van der Waals surface area contributed by atoms with Crippen molar-refractivity contribution in [3.63, 3.8) is 0 Å². The lowest BCUT2D eigenvalue weighted by atomic mass is 10.1. The molecule has 0 saturated carbocycles. The highest BCUT2D eigenvalue weighted by Crippen LogP contribution is 2.21. The van der Waals surface area contributed by atoms with Gasteiger partial charge in [0.2, 0.25) is 5.91 Å². The monoisotopic (exact) mass is 389 g/mol. The van der Waals surface area contributed by atoms with E-state index in [1.165, 1.54) is 6.07 Å². The third-order valence-corrected chi connectivity index (χ3v) is 4.42. The van der Waals surface area contributed by atoms with Gasteiger partial charge in [0.25, 0.3) is 5.56 Å². The summed E-state index contributed by atoms with van der Waals surface area (Å²) in [6.45, 7) is 0.0503. The number of hydrogen-bond donors (Lipinski definition) is 2. The van der Waals surface area contributed by atoms with Crippen LogP contribution >= 0.6 is 0 Å². The number of para-hydroxylation sites is 2. The molecule has 1 amide bonds. The zero-order valence-electron chi connectivity index (χ0n) is 15.8. The minimum atomic E-state index is -0.351. The highest BCUT2D eigenvalue weighted by molar-refractivity contribution is 5.76. The lowest BCUT2D eigenvalue weighted by Gasteiger charge is -2.08. The minimum absolute atomic E-state index is 0.184. The molecule has 4 aromatic rings. The maximum Gasteiger partial charge on any atom is 0.267 e. The van der Waals surface area contributed by atoms with Crippen LogP contribution in [0.1, 0.15) is 5.82 Å². The molecule has 0 bridgehead atoms. The normalized spacial score (nSPS) is 10.8. The van der Waals surface area contributed by atoms with E-state index in [0.717, 1.165) is 21.3 Å². The largest absolute Gasteiger partial charge is 0.497 e. The van der Waals surface area contributed by atoms with Gasteiger partial charge in [0, 0.05) is 11.6 Å². The Hall–Kier alpha value is -3.94. The topological polar surface area (TPSA) is 102 Å². The summed E-state index contributed by atoms with van der Waals surface area (Å²) in [4.78, 5) is 32.0. The van der Waals surface area contributed by atoms with E-state index in [1.54, 1.807) is 13.2 Å². The number of nitrogens with one attached hydrogen (secondary N) is 2. The first-order chi connectivity index (χ1) is 14.1. The number of aromatic amines is 1. The van der Waals surface area contributed by atoms with Gasteiger partial charge in [0.1, 0.15) is 18.1 Å². The van der Waals surface area contributed by atoms with Crippen LogP contribution in [0.2, 0.25) is 0 Å². The van der Waals surface area contributed by atoms with Crippen LogP contribution in [0.3, 0.4) is 0 Å². The average molecular weight is 389 g/mol. The van der Waals surface area contributed by atoms with Crippen LogP contribution in [0, 0.1) is 0 Å². The number of H-pyrrole nitrogens is 1. The highest BCUT2D eigenvalue weighted by atomic mass is 16.5. The van der Waals surface area contributed by atoms with Gasteiger partial charge in [0.05, 0.1) is 30.4 Å². The zero-order chi connectivity index (χ0) is 20.2. The molecule has 0 aliphatic carbocycles. The predicted molar refractivity (Wildman–Crippen MR) is 108 cm³/mol. The Morgan fingerprint density at radius 3 is 2.83 bits per heavy atom. The van der Waals surface area contributed by atoms with E-state index < -0.39 is 0 Å². The molecule has 2 N–H and O–H groups in total. The molecule has 2 aromatic heterocycles. The van der Waals surface area contributed by atoms with Gasteiger partial charge in [-0.25, -0.2) is 9.67 Å². The van der Waals surface area contributed by atoms with Crippen LogP contribution in [0.25, 0.3) is 22.3 Å². The van der Waals surface area contributed by atoms with E-state index in [9.17, 15) is 9.59 Å². The first-order valence-electron chi connectivity index (χ1n) is 9.05. The van der Waals surface area contributed by atoms with Crippen LogP contribution in [0.5, 0.6) is 5.75 Å². The summed E-state index contributed by atoms with van der Waals surface area (Å²) in [6.07, 6.45) is 0. The zero-order valence-corrected chi connectivity index (χ0v) is 15.8. The molecule has 0 aliphatic heterocycles. The summed E-state index contributed by atoms with van der Waals surface area (Å²) in [5.74, 6) is 0.999. The fourth-order valence-electron chi connectivity index (χ4n) is 2.96. The number of benzene rings is 2. The summed E-state index contributed by atoms with van der Waals surface area (Å²) in [5.41, 5.74) is 2.76. The summed E-state index contributed by atoms with van der Waals surface area (Å²) >= 11 is 0. The Kier molecular flexibility index (Phi) is 5.07. The van der Waals surface area contributed by atoms with Gasteiger partial charge >= 0.3 is 0 Å². The maximum atomic E-state index is 12.3. The first-order valence-corrected chi connectivity index (χ1v) is 9.05. The van der Waals surface area contributed by atoms with E-state index in [4.69, 9.17) is 4.74 Å². The number of imidazole rings is 1. The fourth-order valence-corrected chi connectivity index (χ4v) is 2.96. The molecule has 0 radical (unpaired) electrons. The lowest BCUT2D eigenvalue weighted by molar-refractivity contribution is -0.122. The molecule has 8 heteroatoms. The van der Waals surface area contributed by atoms with Gasteiger partial charge in [0.15, 0.2) is 0 Å². The minimum Gasteiger partial charge on any atom is -0.497 e. The second kappa shape index (κ2) is 7.97. The number of rotatable bonds is 6. The third-order valence-electron chi connectivity index (χ3n) is 4.42. The van der Waals surface area contributed by atoms with Gasteiger partial charge in [-0.1, -0.05) is 24.3 Å². The van der Waals surface area contributed by atoms with Crippen LogP contribution in [0.15, 0.2) is 65.5 Å². The van der Waals surface area contributed by atoms with Gasteiger partial charge in [-0.05, 0) is 30.3 Å². The molecule has 29 heavy (non-hydrogen) atoms. The molecule has 8 nitrogen and oxygen atoms in total. The standard InChI is InChI=1S/C21H19N5O3/c1-29-15-6-4-5-14(11-15)16-9-10-21(28)26(25-16)13-20(27)22-12-19-23-17-7-2-3-8-18(17)24-19/h2-11H,12-13H2,1H3,(H,22,27)(H,23,24). The van der Waals surface area contributed by atoms with Crippen molar-refractivity contribution in [2.24, 2.45) is 0 Å². The number of carbonyl (C=O) groups excluding carboxylic acids is 1. The van der Waals surface area contributed by atoms with E-state index in [1.807, 2.05) is 48.5 Å². The average Bonchev–Trinajstić information content (AvgIpc) is 3.17. The number of ether oxygens (including phenoxy) is 1. The van der Waals surface area contributed by atoms with Crippen LogP contribution in [0.4, 0.5) is 0 Å². The number of hydrogen-bond acceptors (Lipinski definition) is 5. The van der Waals surface area contributed by atoms with E-state index >= 15 is 0 Å². The molecule has 0 atom stereocenters. The Labute approximate surface area is 166 Å². The molecule has 0 fully saturated rings. The summed E-state index contributed by atoms with van der Waals surface area (Å²) < 4.78 is 6.36. The molecular formula is C21H19N5O3. The SMILES string of the molecule is COc1cccc(-c2ccc(=O)n(CC(=O)NCc3nc4ccccc4[nH]3)n2)c1. The van der Waals surface area contributed by atoms with E-state index in [-0.39, 0.29) is 24.6 Å². The quantitative estimate of drug-likeness (QED) is 0.526. The summed E-state index contributed by atoms with van der Waals surface area (Å²) in [7, 11) is 1.58. The molecule has 0 aliphatic rings. The van der Waals surface area contributed by atoms with Crippen LogP contribution in [-0.4, -0.2) is 32.8 Å². The van der Waals surface area contributed by atoms with Crippen molar-refractivity contribution in [2.45, 2.75) is 13.1 Å². The predicted octanol–water partition coefficient (Wildman–Crippen LogP) is 2.11. The molecule has 0 saturated heterocycles. The summed E-state index contributed by atoms with van der Waals surface area (Å²) in [5, 5.41) is 7.07. The third kappa shape index (κ3) is 4.16. The van der Waals surface area contributed by atoms with Crippen LogP contribution < -0.4 is 15.6 Å². The molecule has 0 spiro atoms. The number of amides is 1. The molecule has 2 heterocycles. The van der Waals surface area contributed by atoms with Gasteiger partial charge in [-0.3, -0.25) is 9.59 Å². The number of fused-ring (bicyclic) bond motifs is 1. The smallest absolute Gasteiger partial charge is 0.267 e. The fraction of sp³-hybridized carbons (Fsp3) is 0.143. The molecule has 146 valence electrons. The summed E-state index contributed by atoms with van der Waals surface area (Å²) in [6, 6.07) is 18.0. The van der Waals surface area contributed by atoms with Crippen molar-refractivity contribution in [3.05, 3.63) is 76.8 Å². The lowest BCUT2D eigenvalue weighted by Crippen LogP contribution is -2.33. The van der Waals surface area contributed by atoms with Crippen LogP contribution in [-0.2, 0) is 17.9 Å². The van der Waals surface area contributed by atoms with Crippen molar-refractivity contribution in [2.75, 3.05) is 7.11 Å². The van der Waals surface area contributed by atoms with Crippen molar-refractivity contribution in [1.29, 1.82) is 0 Å². The van der Waals surface area contributed by atoms with Gasteiger partial charge < -0.3 is 15.0 Å². The van der Waals surface area contributed by atoms with E-state index in [2.05, 4.69) is 20.4 Å². The van der Waals surface area contributed by atoms with Crippen molar-refractivity contribution in [3.8, 4) is 17.0 Å². The maximum absolute atomic E-state index is 12.3. The first kappa shape index (κ1) is 18.4. The van der Waals surface area contributed by atoms with Crippen molar-refractivity contribution in [1.82, 2.24) is 25.1 Å². The van der Waals surface area contributed by atoms with Crippen molar-refractivity contribution >= 4 is 16.9 Å². The number of aromatic nitrogens is 4. The molecule has 2 aromatic carbocycles. The highest BCUT2D eigenvalue weighted by Gasteiger charge is 2.10. The Bertz CT molecular complexity index is 1200. The Balaban J connectivity index is 1.46. The molecular weight excluding hydrogens is 370 g/mol. The van der Waals surface area contributed by atoms with E-state index in [0.29, 0.717) is 17.3 Å². The Morgan fingerprint density at radius 2 is 2.00 bits per heavy atom. The second-order valence-electron chi connectivity index (χ2n) is 6.42. The number of carbonyl (C=O) groups is 1. The molecule has 0 unspecified atom stereocenters. The van der Waals surface area contributed by atoms with Gasteiger partial charge in [-0.15, -0.1) is 0 Å².